The first kappa shape index (κ1) is 23.7. The molecule has 1 amide bonds. The van der Waals surface area contributed by atoms with E-state index in [1.807, 2.05) is 12.2 Å². The van der Waals surface area contributed by atoms with Crippen LogP contribution in [0.15, 0.2) is 65.6 Å². The lowest BCUT2D eigenvalue weighted by Crippen LogP contribution is -2.33. The number of carbonyl (C=O) groups excluding carboxylic acids is 2. The Hall–Kier alpha value is -2.94. The molecule has 3 rings (SSSR count). The van der Waals surface area contributed by atoms with Crippen molar-refractivity contribution in [3.8, 4) is 5.75 Å². The summed E-state index contributed by atoms with van der Waals surface area (Å²) in [4.78, 5) is 25.0. The zero-order valence-corrected chi connectivity index (χ0v) is 18.2. The van der Waals surface area contributed by atoms with Gasteiger partial charge in [0.25, 0.3) is 5.91 Å². The van der Waals surface area contributed by atoms with E-state index in [0.29, 0.717) is 12.2 Å². The van der Waals surface area contributed by atoms with Crippen LogP contribution >= 0.6 is 11.8 Å². The van der Waals surface area contributed by atoms with E-state index < -0.39 is 17.3 Å². The first-order chi connectivity index (χ1) is 15.2. The number of amides is 1. The van der Waals surface area contributed by atoms with Gasteiger partial charge in [-0.25, -0.2) is 0 Å². The van der Waals surface area contributed by atoms with Gasteiger partial charge in [0.15, 0.2) is 0 Å². The Morgan fingerprint density at radius 2 is 1.69 bits per heavy atom. The Morgan fingerprint density at radius 3 is 2.25 bits per heavy atom. The van der Waals surface area contributed by atoms with Gasteiger partial charge in [-0.3, -0.25) is 9.59 Å². The average Bonchev–Trinajstić information content (AvgIpc) is 3.21. The number of hydrogen-bond acceptors (Lipinski definition) is 5. The SMILES string of the molecule is COC(=O)C(c1ccc(OC)cc1)C1C=CC(NC(=O)c2ccc(SC(F)(F)F)cc2)C1. The zero-order valence-electron chi connectivity index (χ0n) is 17.4. The number of carbonyl (C=O) groups is 2. The van der Waals surface area contributed by atoms with Gasteiger partial charge < -0.3 is 14.8 Å². The third-order valence-electron chi connectivity index (χ3n) is 5.14. The van der Waals surface area contributed by atoms with E-state index in [1.165, 1.54) is 31.4 Å². The van der Waals surface area contributed by atoms with E-state index in [0.717, 1.165) is 5.56 Å². The normalized spacial score (nSPS) is 18.8. The lowest BCUT2D eigenvalue weighted by Gasteiger charge is -2.22. The third kappa shape index (κ3) is 6.06. The number of thioether (sulfide) groups is 1. The van der Waals surface area contributed by atoms with Crippen LogP contribution in [0.4, 0.5) is 13.2 Å². The fourth-order valence-electron chi connectivity index (χ4n) is 3.64. The smallest absolute Gasteiger partial charge is 0.446 e. The van der Waals surface area contributed by atoms with Crippen molar-refractivity contribution in [2.45, 2.75) is 28.8 Å². The highest BCUT2D eigenvalue weighted by Gasteiger charge is 2.34. The van der Waals surface area contributed by atoms with Gasteiger partial charge in [0, 0.05) is 16.5 Å². The standard InChI is InChI=1S/C23H22F3NO4S/c1-30-18-9-4-14(5-10-18)20(22(29)31-2)16-3-8-17(13-16)27-21(28)15-6-11-19(12-7-15)32-23(24,25)26/h3-12,16-17,20H,13H2,1-2H3,(H,27,28). The van der Waals surface area contributed by atoms with Crippen LogP contribution in [-0.4, -0.2) is 37.6 Å². The molecule has 0 heterocycles. The molecule has 32 heavy (non-hydrogen) atoms. The molecule has 5 nitrogen and oxygen atoms in total. The highest BCUT2D eigenvalue weighted by Crippen LogP contribution is 2.37. The summed E-state index contributed by atoms with van der Waals surface area (Å²) < 4.78 is 47.5. The van der Waals surface area contributed by atoms with Crippen molar-refractivity contribution in [3.63, 3.8) is 0 Å². The molecule has 1 aliphatic carbocycles. The van der Waals surface area contributed by atoms with Crippen molar-refractivity contribution < 1.29 is 32.2 Å². The molecule has 3 atom stereocenters. The van der Waals surface area contributed by atoms with Crippen molar-refractivity contribution in [1.29, 1.82) is 0 Å². The summed E-state index contributed by atoms with van der Waals surface area (Å²) in [5.41, 5.74) is -3.35. The quantitative estimate of drug-likeness (QED) is 0.357. The van der Waals surface area contributed by atoms with E-state index >= 15 is 0 Å². The van der Waals surface area contributed by atoms with Crippen LogP contribution < -0.4 is 10.1 Å². The molecule has 0 radical (unpaired) electrons. The second kappa shape index (κ2) is 10.1. The van der Waals surface area contributed by atoms with Crippen molar-refractivity contribution in [3.05, 3.63) is 71.8 Å². The number of rotatable bonds is 7. The van der Waals surface area contributed by atoms with Crippen LogP contribution in [0.2, 0.25) is 0 Å². The van der Waals surface area contributed by atoms with Gasteiger partial charge in [-0.1, -0.05) is 24.3 Å². The molecule has 0 fully saturated rings. The second-order valence-electron chi connectivity index (χ2n) is 7.21. The van der Waals surface area contributed by atoms with Crippen molar-refractivity contribution in [2.75, 3.05) is 14.2 Å². The number of methoxy groups -OCH3 is 2. The number of alkyl halides is 3. The van der Waals surface area contributed by atoms with Crippen molar-refractivity contribution in [1.82, 2.24) is 5.32 Å². The summed E-state index contributed by atoms with van der Waals surface area (Å²) in [5, 5.41) is 2.85. The summed E-state index contributed by atoms with van der Waals surface area (Å²) in [6, 6.07) is 12.1. The molecule has 0 saturated heterocycles. The number of benzene rings is 2. The van der Waals surface area contributed by atoms with Crippen LogP contribution in [0.3, 0.4) is 0 Å². The lowest BCUT2D eigenvalue weighted by atomic mass is 9.85. The number of esters is 1. The number of ether oxygens (including phenoxy) is 2. The van der Waals surface area contributed by atoms with Crippen molar-refractivity contribution in [2.24, 2.45) is 5.92 Å². The molecule has 9 heteroatoms. The van der Waals surface area contributed by atoms with E-state index in [1.54, 1.807) is 31.4 Å². The fourth-order valence-corrected chi connectivity index (χ4v) is 4.18. The van der Waals surface area contributed by atoms with Crippen LogP contribution in [0, 0.1) is 5.92 Å². The third-order valence-corrected chi connectivity index (χ3v) is 5.88. The summed E-state index contributed by atoms with van der Waals surface area (Å²) in [5.74, 6) is -0.837. The van der Waals surface area contributed by atoms with Crippen LogP contribution in [0.1, 0.15) is 28.3 Å². The molecule has 2 aromatic rings. The average molecular weight is 465 g/mol. The molecular weight excluding hydrogens is 443 g/mol. The molecule has 2 aromatic carbocycles. The Bertz CT molecular complexity index is 974. The second-order valence-corrected chi connectivity index (χ2v) is 8.35. The minimum absolute atomic E-state index is 0.00953. The fraction of sp³-hybridized carbons (Fsp3) is 0.304. The van der Waals surface area contributed by atoms with Crippen LogP contribution in [0.5, 0.6) is 5.75 Å². The highest BCUT2D eigenvalue weighted by molar-refractivity contribution is 8.00. The summed E-state index contributed by atoms with van der Waals surface area (Å²) >= 11 is -0.232. The van der Waals surface area contributed by atoms with E-state index in [-0.39, 0.29) is 40.1 Å². The number of hydrogen-bond donors (Lipinski definition) is 1. The molecule has 0 bridgehead atoms. The maximum absolute atomic E-state index is 12.5. The molecule has 1 aliphatic rings. The Kier molecular flexibility index (Phi) is 7.50. The Labute approximate surface area is 188 Å². The van der Waals surface area contributed by atoms with E-state index in [9.17, 15) is 22.8 Å². The van der Waals surface area contributed by atoms with Gasteiger partial charge in [0.2, 0.25) is 0 Å². The summed E-state index contributed by atoms with van der Waals surface area (Å²) in [6.45, 7) is 0. The maximum Gasteiger partial charge on any atom is 0.446 e. The molecule has 0 saturated carbocycles. The lowest BCUT2D eigenvalue weighted by molar-refractivity contribution is -0.143. The predicted molar refractivity (Wildman–Crippen MR) is 115 cm³/mol. The van der Waals surface area contributed by atoms with Gasteiger partial charge in [-0.15, -0.1) is 0 Å². The number of nitrogens with one attached hydrogen (secondary N) is 1. The van der Waals surface area contributed by atoms with Gasteiger partial charge in [-0.05, 0) is 66.1 Å². The Morgan fingerprint density at radius 1 is 1.03 bits per heavy atom. The number of halogens is 3. The first-order valence-electron chi connectivity index (χ1n) is 9.77. The monoisotopic (exact) mass is 465 g/mol. The largest absolute Gasteiger partial charge is 0.497 e. The summed E-state index contributed by atoms with van der Waals surface area (Å²) in [6.07, 6.45) is 4.18. The highest BCUT2D eigenvalue weighted by atomic mass is 32.2. The molecule has 0 aliphatic heterocycles. The van der Waals surface area contributed by atoms with Gasteiger partial charge in [-0.2, -0.15) is 13.2 Å². The minimum Gasteiger partial charge on any atom is -0.497 e. The molecule has 1 N–H and O–H groups in total. The summed E-state index contributed by atoms with van der Waals surface area (Å²) in [7, 11) is 2.89. The van der Waals surface area contributed by atoms with Crippen LogP contribution in [-0.2, 0) is 9.53 Å². The molecule has 170 valence electrons. The first-order valence-corrected chi connectivity index (χ1v) is 10.6. The molecule has 0 aromatic heterocycles. The van der Waals surface area contributed by atoms with Gasteiger partial charge >= 0.3 is 11.5 Å². The predicted octanol–water partition coefficient (Wildman–Crippen LogP) is 4.94. The van der Waals surface area contributed by atoms with Crippen LogP contribution in [0.25, 0.3) is 0 Å². The Balaban J connectivity index is 1.65. The maximum atomic E-state index is 12.5. The van der Waals surface area contributed by atoms with E-state index in [4.69, 9.17) is 9.47 Å². The van der Waals surface area contributed by atoms with E-state index in [2.05, 4.69) is 5.32 Å². The number of allylic oxidation sites excluding steroid dienone is 1. The van der Waals surface area contributed by atoms with Gasteiger partial charge in [0.05, 0.1) is 20.1 Å². The minimum atomic E-state index is -4.38. The topological polar surface area (TPSA) is 64.6 Å². The van der Waals surface area contributed by atoms with Gasteiger partial charge in [0.1, 0.15) is 5.75 Å². The molecule has 3 unspecified atom stereocenters. The molecular formula is C23H22F3NO4S. The van der Waals surface area contributed by atoms with Crippen molar-refractivity contribution >= 4 is 23.6 Å². The zero-order chi connectivity index (χ0) is 23.3. The molecule has 0 spiro atoms.